The van der Waals surface area contributed by atoms with Crippen molar-refractivity contribution in [3.63, 3.8) is 0 Å². The molecule has 1 aliphatic rings. The van der Waals surface area contributed by atoms with Gasteiger partial charge in [0.2, 0.25) is 17.6 Å². The van der Waals surface area contributed by atoms with E-state index in [2.05, 4.69) is 5.32 Å². The Balaban J connectivity index is 2.02. The van der Waals surface area contributed by atoms with E-state index in [-0.39, 0.29) is 18.7 Å². The molecular formula is C21H21N3O4. The van der Waals surface area contributed by atoms with Crippen molar-refractivity contribution in [2.45, 2.75) is 31.3 Å². The second-order valence-corrected chi connectivity index (χ2v) is 6.64. The van der Waals surface area contributed by atoms with Gasteiger partial charge in [0.1, 0.15) is 12.1 Å². The van der Waals surface area contributed by atoms with Gasteiger partial charge in [-0.3, -0.25) is 24.1 Å². The Bertz CT molecular complexity index is 883. The predicted octanol–water partition coefficient (Wildman–Crippen LogP) is 0.964. The minimum absolute atomic E-state index is 0.129. The van der Waals surface area contributed by atoms with Crippen molar-refractivity contribution >= 4 is 29.2 Å². The number of benzene rings is 2. The lowest BCUT2D eigenvalue weighted by Crippen LogP contribution is -2.55. The lowest BCUT2D eigenvalue weighted by atomic mass is 9.98. The Hall–Kier alpha value is -3.48. The summed E-state index contributed by atoms with van der Waals surface area (Å²) in [5, 5.41) is 2.63. The molecule has 0 bridgehead atoms. The van der Waals surface area contributed by atoms with E-state index in [4.69, 9.17) is 5.73 Å². The number of nitrogens with one attached hydrogen (secondary N) is 1. The number of ketones is 1. The first-order valence-electron chi connectivity index (χ1n) is 9.02. The molecule has 0 spiro atoms. The Morgan fingerprint density at radius 1 is 1.04 bits per heavy atom. The Morgan fingerprint density at radius 2 is 1.64 bits per heavy atom. The van der Waals surface area contributed by atoms with Crippen molar-refractivity contribution in [3.8, 4) is 0 Å². The fourth-order valence-electron chi connectivity index (χ4n) is 3.32. The molecule has 1 heterocycles. The summed E-state index contributed by atoms with van der Waals surface area (Å²) < 4.78 is 0. The number of nitrogens with two attached hydrogens (primary N) is 1. The summed E-state index contributed by atoms with van der Waals surface area (Å²) in [7, 11) is 0. The topological polar surface area (TPSA) is 110 Å². The molecule has 7 heteroatoms. The molecule has 3 N–H and O–H groups in total. The van der Waals surface area contributed by atoms with Crippen molar-refractivity contribution in [1.29, 1.82) is 0 Å². The highest BCUT2D eigenvalue weighted by atomic mass is 16.2. The summed E-state index contributed by atoms with van der Waals surface area (Å²) >= 11 is 0. The fourth-order valence-corrected chi connectivity index (χ4v) is 3.32. The number of nitrogens with zero attached hydrogens (tertiary/aromatic N) is 1. The van der Waals surface area contributed by atoms with Crippen LogP contribution in [0.2, 0.25) is 0 Å². The summed E-state index contributed by atoms with van der Waals surface area (Å²) in [5.41, 5.74) is 6.53. The molecule has 2 atom stereocenters. The largest absolute Gasteiger partial charge is 0.363 e. The second-order valence-electron chi connectivity index (χ2n) is 6.64. The standard InChI is InChI=1S/C21H21N3O4/c22-20(27)19(26)17(13-14-7-3-1-4-8-14)24(15-9-5-2-6-10-15)21(28)16-11-12-18(25)23-16/h1-10,16-17H,11-13H2,(H2,22,27)(H,23,25). The van der Waals surface area contributed by atoms with E-state index >= 15 is 0 Å². The molecule has 7 nitrogen and oxygen atoms in total. The summed E-state index contributed by atoms with van der Waals surface area (Å²) in [6, 6.07) is 15.8. The van der Waals surface area contributed by atoms with Gasteiger partial charge in [0.05, 0.1) is 0 Å². The van der Waals surface area contributed by atoms with E-state index in [1.807, 2.05) is 30.3 Å². The lowest BCUT2D eigenvalue weighted by Gasteiger charge is -2.32. The van der Waals surface area contributed by atoms with Gasteiger partial charge in [0.25, 0.3) is 5.91 Å². The third-order valence-electron chi connectivity index (χ3n) is 4.69. The zero-order chi connectivity index (χ0) is 20.1. The van der Waals surface area contributed by atoms with Crippen LogP contribution in [0.1, 0.15) is 18.4 Å². The number of hydrogen-bond donors (Lipinski definition) is 2. The van der Waals surface area contributed by atoms with E-state index in [1.54, 1.807) is 30.3 Å². The zero-order valence-corrected chi connectivity index (χ0v) is 15.2. The maximum Gasteiger partial charge on any atom is 0.287 e. The number of amides is 3. The van der Waals surface area contributed by atoms with Crippen LogP contribution in [0.4, 0.5) is 5.69 Å². The summed E-state index contributed by atoms with van der Waals surface area (Å²) in [5.74, 6) is -2.62. The minimum Gasteiger partial charge on any atom is -0.363 e. The van der Waals surface area contributed by atoms with Crippen LogP contribution >= 0.6 is 0 Å². The minimum atomic E-state index is -1.11. The Kier molecular flexibility index (Phi) is 5.84. The molecule has 28 heavy (non-hydrogen) atoms. The van der Waals surface area contributed by atoms with Crippen LogP contribution in [0.3, 0.4) is 0 Å². The molecule has 0 aliphatic carbocycles. The van der Waals surface area contributed by atoms with Crippen molar-refractivity contribution in [1.82, 2.24) is 5.32 Å². The SMILES string of the molecule is NC(=O)C(=O)C(Cc1ccccc1)N(C(=O)C1CCC(=O)N1)c1ccccc1. The average Bonchev–Trinajstić information content (AvgIpc) is 3.14. The molecule has 1 fully saturated rings. The number of rotatable bonds is 7. The number of primary amides is 1. The van der Waals surface area contributed by atoms with Gasteiger partial charge in [0, 0.05) is 18.5 Å². The molecule has 0 aromatic heterocycles. The van der Waals surface area contributed by atoms with Crippen LogP contribution in [0.25, 0.3) is 0 Å². The van der Waals surface area contributed by atoms with Crippen LogP contribution < -0.4 is 16.0 Å². The maximum absolute atomic E-state index is 13.3. The fraction of sp³-hybridized carbons (Fsp3) is 0.238. The maximum atomic E-state index is 13.3. The molecule has 0 radical (unpaired) electrons. The summed E-state index contributed by atoms with van der Waals surface area (Å²) in [6.07, 6.45) is 0.708. The van der Waals surface area contributed by atoms with Crippen molar-refractivity contribution in [2.24, 2.45) is 5.73 Å². The van der Waals surface area contributed by atoms with Gasteiger partial charge < -0.3 is 11.1 Å². The third-order valence-corrected chi connectivity index (χ3v) is 4.69. The highest BCUT2D eigenvalue weighted by Gasteiger charge is 2.39. The quantitative estimate of drug-likeness (QED) is 0.698. The molecule has 0 saturated carbocycles. The molecule has 2 unspecified atom stereocenters. The first kappa shape index (κ1) is 19.3. The normalized spacial score (nSPS) is 16.9. The second kappa shape index (κ2) is 8.47. The molecule has 3 amide bonds. The van der Waals surface area contributed by atoms with Gasteiger partial charge in [-0.25, -0.2) is 0 Å². The highest BCUT2D eigenvalue weighted by molar-refractivity contribution is 6.39. The van der Waals surface area contributed by atoms with Crippen LogP contribution in [0.5, 0.6) is 0 Å². The highest BCUT2D eigenvalue weighted by Crippen LogP contribution is 2.23. The van der Waals surface area contributed by atoms with Crippen molar-refractivity contribution in [2.75, 3.05) is 4.90 Å². The molecule has 144 valence electrons. The average molecular weight is 379 g/mol. The van der Waals surface area contributed by atoms with E-state index in [1.165, 1.54) is 4.90 Å². The van der Waals surface area contributed by atoms with Gasteiger partial charge >= 0.3 is 0 Å². The molecule has 1 saturated heterocycles. The van der Waals surface area contributed by atoms with Crippen LogP contribution in [0, 0.1) is 0 Å². The number of anilines is 1. The molecule has 2 aromatic carbocycles. The molecule has 3 rings (SSSR count). The smallest absolute Gasteiger partial charge is 0.287 e. The number of carbonyl (C=O) groups excluding carboxylic acids is 4. The first-order valence-corrected chi connectivity index (χ1v) is 9.02. The van der Waals surface area contributed by atoms with Gasteiger partial charge in [0.15, 0.2) is 0 Å². The van der Waals surface area contributed by atoms with Gasteiger partial charge in [-0.05, 0) is 24.1 Å². The van der Waals surface area contributed by atoms with E-state index < -0.39 is 29.7 Å². The van der Waals surface area contributed by atoms with E-state index in [9.17, 15) is 19.2 Å². The van der Waals surface area contributed by atoms with Crippen LogP contribution in [-0.2, 0) is 25.6 Å². The van der Waals surface area contributed by atoms with Gasteiger partial charge in [-0.1, -0.05) is 48.5 Å². The first-order chi connectivity index (χ1) is 13.5. The van der Waals surface area contributed by atoms with E-state index in [0.29, 0.717) is 12.1 Å². The monoisotopic (exact) mass is 379 g/mol. The van der Waals surface area contributed by atoms with Crippen molar-refractivity contribution < 1.29 is 19.2 Å². The Morgan fingerprint density at radius 3 is 2.18 bits per heavy atom. The summed E-state index contributed by atoms with van der Waals surface area (Å²) in [6.45, 7) is 0. The van der Waals surface area contributed by atoms with Crippen LogP contribution in [-0.4, -0.2) is 35.6 Å². The zero-order valence-electron chi connectivity index (χ0n) is 15.2. The van der Waals surface area contributed by atoms with Crippen LogP contribution in [0.15, 0.2) is 60.7 Å². The number of Topliss-reactive ketones (excluding diaryl/α,β-unsaturated/α-hetero) is 1. The third kappa shape index (κ3) is 4.25. The molecule has 2 aromatic rings. The number of para-hydroxylation sites is 1. The number of carbonyl (C=O) groups is 4. The van der Waals surface area contributed by atoms with Gasteiger partial charge in [-0.2, -0.15) is 0 Å². The summed E-state index contributed by atoms with van der Waals surface area (Å²) in [4.78, 5) is 50.6. The van der Waals surface area contributed by atoms with Gasteiger partial charge in [-0.15, -0.1) is 0 Å². The van der Waals surface area contributed by atoms with Crippen molar-refractivity contribution in [3.05, 3.63) is 66.2 Å². The van der Waals surface area contributed by atoms with E-state index in [0.717, 1.165) is 5.56 Å². The predicted molar refractivity (Wildman–Crippen MR) is 103 cm³/mol. The number of hydrogen-bond acceptors (Lipinski definition) is 4. The lowest BCUT2D eigenvalue weighted by molar-refractivity contribution is -0.137. The molecule has 1 aliphatic heterocycles. The molecular weight excluding hydrogens is 358 g/mol. The Labute approximate surface area is 162 Å².